The standard InChI is InChI=1S/C9H12ClNO3S/c10-5-8(12)6-15(13,14)9-3-1-7(11)2-4-9/h1-4,8,12H,5-6,11H2. The summed E-state index contributed by atoms with van der Waals surface area (Å²) < 4.78 is 23.3. The van der Waals surface area contributed by atoms with Crippen LogP contribution >= 0.6 is 11.6 Å². The van der Waals surface area contributed by atoms with Gasteiger partial charge >= 0.3 is 0 Å². The first-order valence-electron chi connectivity index (χ1n) is 4.28. The Morgan fingerprint density at radius 1 is 1.33 bits per heavy atom. The number of hydrogen-bond acceptors (Lipinski definition) is 4. The first kappa shape index (κ1) is 12.3. The number of sulfone groups is 1. The second-order valence-electron chi connectivity index (χ2n) is 3.16. The molecule has 0 aliphatic heterocycles. The molecule has 1 atom stereocenters. The van der Waals surface area contributed by atoms with Gasteiger partial charge in [0.25, 0.3) is 0 Å². The normalized spacial score (nSPS) is 13.7. The number of halogens is 1. The maximum absolute atomic E-state index is 11.7. The molecular weight excluding hydrogens is 238 g/mol. The van der Waals surface area contributed by atoms with Crippen LogP contribution in [0.1, 0.15) is 0 Å². The molecule has 0 fully saturated rings. The average Bonchev–Trinajstić information content (AvgIpc) is 2.17. The van der Waals surface area contributed by atoms with Crippen LogP contribution in [0, 0.1) is 0 Å². The summed E-state index contributed by atoms with van der Waals surface area (Å²) in [6, 6.07) is 5.82. The van der Waals surface area contributed by atoms with Crippen LogP contribution in [-0.2, 0) is 9.84 Å². The van der Waals surface area contributed by atoms with E-state index in [0.29, 0.717) is 5.69 Å². The number of alkyl halides is 1. The zero-order valence-corrected chi connectivity index (χ0v) is 9.50. The van der Waals surface area contributed by atoms with E-state index in [1.807, 2.05) is 0 Å². The van der Waals surface area contributed by atoms with Gasteiger partial charge in [-0.2, -0.15) is 0 Å². The molecule has 15 heavy (non-hydrogen) atoms. The minimum Gasteiger partial charge on any atom is -0.399 e. The van der Waals surface area contributed by atoms with Crippen molar-refractivity contribution >= 4 is 27.1 Å². The molecule has 1 aromatic rings. The summed E-state index contributed by atoms with van der Waals surface area (Å²) in [6.07, 6.45) is -1.05. The number of rotatable bonds is 4. The summed E-state index contributed by atoms with van der Waals surface area (Å²) in [5.41, 5.74) is 5.92. The average molecular weight is 250 g/mol. The smallest absolute Gasteiger partial charge is 0.180 e. The number of aliphatic hydroxyl groups is 1. The fourth-order valence-corrected chi connectivity index (χ4v) is 2.68. The van der Waals surface area contributed by atoms with E-state index in [0.717, 1.165) is 0 Å². The molecule has 0 saturated heterocycles. The molecule has 1 unspecified atom stereocenters. The summed E-state index contributed by atoms with van der Waals surface area (Å²) >= 11 is 5.34. The summed E-state index contributed by atoms with van der Waals surface area (Å²) in [5.74, 6) is -0.478. The van der Waals surface area contributed by atoms with Gasteiger partial charge in [0.15, 0.2) is 9.84 Å². The highest BCUT2D eigenvalue weighted by Gasteiger charge is 2.18. The van der Waals surface area contributed by atoms with Gasteiger partial charge in [-0.25, -0.2) is 8.42 Å². The van der Waals surface area contributed by atoms with E-state index in [1.165, 1.54) is 24.3 Å². The van der Waals surface area contributed by atoms with Crippen molar-refractivity contribution in [2.24, 2.45) is 0 Å². The number of nitrogen functional groups attached to an aromatic ring is 1. The maximum Gasteiger partial charge on any atom is 0.180 e. The van der Waals surface area contributed by atoms with Crippen LogP contribution in [0.5, 0.6) is 0 Å². The maximum atomic E-state index is 11.7. The van der Waals surface area contributed by atoms with Gasteiger partial charge in [0, 0.05) is 11.6 Å². The molecule has 1 aromatic carbocycles. The topological polar surface area (TPSA) is 80.4 Å². The molecule has 0 spiro atoms. The van der Waals surface area contributed by atoms with E-state index in [4.69, 9.17) is 17.3 Å². The Bertz CT molecular complexity index is 415. The molecule has 0 radical (unpaired) electrons. The lowest BCUT2D eigenvalue weighted by molar-refractivity contribution is 0.221. The minimum absolute atomic E-state index is 0.103. The highest BCUT2D eigenvalue weighted by Crippen LogP contribution is 2.14. The quantitative estimate of drug-likeness (QED) is 0.606. The fraction of sp³-hybridized carbons (Fsp3) is 0.333. The minimum atomic E-state index is -3.48. The van der Waals surface area contributed by atoms with Crippen molar-refractivity contribution in [3.8, 4) is 0 Å². The Kier molecular flexibility index (Phi) is 3.96. The monoisotopic (exact) mass is 249 g/mol. The Labute approximate surface area is 93.6 Å². The van der Waals surface area contributed by atoms with Gasteiger partial charge in [-0.1, -0.05) is 0 Å². The van der Waals surface area contributed by atoms with Gasteiger partial charge in [-0.3, -0.25) is 0 Å². The SMILES string of the molecule is Nc1ccc(S(=O)(=O)CC(O)CCl)cc1. The zero-order valence-electron chi connectivity index (χ0n) is 7.93. The Balaban J connectivity index is 2.91. The van der Waals surface area contributed by atoms with Crippen LogP contribution in [-0.4, -0.2) is 31.3 Å². The number of aliphatic hydroxyl groups excluding tert-OH is 1. The first-order chi connectivity index (χ1) is 6.95. The summed E-state index contributed by atoms with van der Waals surface area (Å²) in [6.45, 7) is 0. The lowest BCUT2D eigenvalue weighted by atomic mass is 10.3. The van der Waals surface area contributed by atoms with Crippen molar-refractivity contribution in [1.82, 2.24) is 0 Å². The third-order valence-corrected chi connectivity index (χ3v) is 4.00. The molecule has 6 heteroatoms. The van der Waals surface area contributed by atoms with E-state index in [-0.39, 0.29) is 16.5 Å². The lowest BCUT2D eigenvalue weighted by Crippen LogP contribution is -2.22. The molecule has 0 amide bonds. The fourth-order valence-electron chi connectivity index (χ4n) is 1.07. The van der Waals surface area contributed by atoms with Gasteiger partial charge in [-0.15, -0.1) is 11.6 Å². The molecule has 1 rings (SSSR count). The molecule has 0 saturated carbocycles. The van der Waals surface area contributed by atoms with Gasteiger partial charge < -0.3 is 10.8 Å². The van der Waals surface area contributed by atoms with Crippen LogP contribution in [0.3, 0.4) is 0 Å². The molecule has 0 aliphatic rings. The van der Waals surface area contributed by atoms with Crippen LogP contribution < -0.4 is 5.73 Å². The number of anilines is 1. The Morgan fingerprint density at radius 3 is 2.33 bits per heavy atom. The van der Waals surface area contributed by atoms with E-state index in [1.54, 1.807) is 0 Å². The third kappa shape index (κ3) is 3.37. The third-order valence-electron chi connectivity index (χ3n) is 1.83. The molecule has 0 bridgehead atoms. The van der Waals surface area contributed by atoms with Crippen molar-refractivity contribution in [2.75, 3.05) is 17.4 Å². The van der Waals surface area contributed by atoms with Gasteiger partial charge in [0.2, 0.25) is 0 Å². The Hall–Kier alpha value is -0.780. The van der Waals surface area contributed by atoms with E-state index < -0.39 is 15.9 Å². The second-order valence-corrected chi connectivity index (χ2v) is 5.50. The van der Waals surface area contributed by atoms with Crippen molar-refractivity contribution in [3.63, 3.8) is 0 Å². The first-order valence-corrected chi connectivity index (χ1v) is 6.46. The largest absolute Gasteiger partial charge is 0.399 e. The number of hydrogen-bond donors (Lipinski definition) is 2. The van der Waals surface area contributed by atoms with Crippen molar-refractivity contribution in [2.45, 2.75) is 11.0 Å². The molecule has 84 valence electrons. The predicted molar refractivity (Wildman–Crippen MR) is 59.6 cm³/mol. The van der Waals surface area contributed by atoms with Crippen LogP contribution in [0.25, 0.3) is 0 Å². The molecule has 0 aliphatic carbocycles. The van der Waals surface area contributed by atoms with E-state index >= 15 is 0 Å². The van der Waals surface area contributed by atoms with Crippen LogP contribution in [0.2, 0.25) is 0 Å². The number of benzene rings is 1. The second kappa shape index (κ2) is 4.83. The van der Waals surface area contributed by atoms with Crippen molar-refractivity contribution < 1.29 is 13.5 Å². The predicted octanol–water partition coefficient (Wildman–Crippen LogP) is 0.642. The molecule has 4 nitrogen and oxygen atoms in total. The highest BCUT2D eigenvalue weighted by atomic mass is 35.5. The van der Waals surface area contributed by atoms with Gasteiger partial charge in [-0.05, 0) is 24.3 Å². The van der Waals surface area contributed by atoms with E-state index in [9.17, 15) is 13.5 Å². The van der Waals surface area contributed by atoms with E-state index in [2.05, 4.69) is 0 Å². The molecule has 0 aromatic heterocycles. The van der Waals surface area contributed by atoms with Gasteiger partial charge in [0.1, 0.15) is 0 Å². The zero-order chi connectivity index (χ0) is 11.5. The molecule has 0 heterocycles. The highest BCUT2D eigenvalue weighted by molar-refractivity contribution is 7.91. The van der Waals surface area contributed by atoms with Crippen LogP contribution in [0.4, 0.5) is 5.69 Å². The molecular formula is C9H12ClNO3S. The number of nitrogens with two attached hydrogens (primary N) is 1. The van der Waals surface area contributed by atoms with Crippen molar-refractivity contribution in [3.05, 3.63) is 24.3 Å². The van der Waals surface area contributed by atoms with Crippen LogP contribution in [0.15, 0.2) is 29.2 Å². The summed E-state index contributed by atoms with van der Waals surface area (Å²) in [5, 5.41) is 9.17. The summed E-state index contributed by atoms with van der Waals surface area (Å²) in [4.78, 5) is 0.140. The summed E-state index contributed by atoms with van der Waals surface area (Å²) in [7, 11) is -3.48. The van der Waals surface area contributed by atoms with Gasteiger partial charge in [0.05, 0.1) is 16.8 Å². The molecule has 3 N–H and O–H groups in total. The van der Waals surface area contributed by atoms with Crippen molar-refractivity contribution in [1.29, 1.82) is 0 Å². The Morgan fingerprint density at radius 2 is 1.87 bits per heavy atom. The lowest BCUT2D eigenvalue weighted by Gasteiger charge is -2.08.